The van der Waals surface area contributed by atoms with Crippen LogP contribution in [0.4, 0.5) is 10.1 Å². The fraction of sp³-hybridized carbons (Fsp3) is 0.500. The van der Waals surface area contributed by atoms with Crippen LogP contribution in [0.2, 0.25) is 5.02 Å². The van der Waals surface area contributed by atoms with Gasteiger partial charge in [0.1, 0.15) is 5.82 Å². The standard InChI is InChI=1S/C16H18ClFN2O3S2/c1-9(2)5-15(21)19-16-20(10-3-4-12(18)11(17)6-10)13-7-25(22,23)8-14(13)24-16/h3-4,6,9,13-14H,5,7-8H2,1-2H3/t13-,14+/m0/s1. The molecule has 2 atom stereocenters. The molecule has 2 saturated heterocycles. The Bertz CT molecular complexity index is 842. The number of sulfone groups is 1. The van der Waals surface area contributed by atoms with Gasteiger partial charge >= 0.3 is 0 Å². The summed E-state index contributed by atoms with van der Waals surface area (Å²) in [7, 11) is -3.15. The van der Waals surface area contributed by atoms with Crippen molar-refractivity contribution in [3.05, 3.63) is 29.0 Å². The molecule has 0 aliphatic carbocycles. The number of amidine groups is 1. The number of thioether (sulfide) groups is 1. The van der Waals surface area contributed by atoms with Crippen molar-refractivity contribution < 1.29 is 17.6 Å². The molecule has 2 fully saturated rings. The smallest absolute Gasteiger partial charge is 0.248 e. The third kappa shape index (κ3) is 4.01. The van der Waals surface area contributed by atoms with Gasteiger partial charge in [0.25, 0.3) is 0 Å². The van der Waals surface area contributed by atoms with Crippen LogP contribution in [0.15, 0.2) is 23.2 Å². The van der Waals surface area contributed by atoms with Crippen molar-refractivity contribution in [2.75, 3.05) is 16.4 Å². The van der Waals surface area contributed by atoms with Crippen LogP contribution < -0.4 is 4.90 Å². The van der Waals surface area contributed by atoms with Gasteiger partial charge in [0.05, 0.1) is 22.6 Å². The van der Waals surface area contributed by atoms with E-state index in [9.17, 15) is 17.6 Å². The average Bonchev–Trinajstić information content (AvgIpc) is 2.92. The van der Waals surface area contributed by atoms with E-state index in [1.165, 1.54) is 30.0 Å². The third-order valence-corrected chi connectivity index (χ3v) is 7.55. The molecule has 9 heteroatoms. The highest BCUT2D eigenvalue weighted by atomic mass is 35.5. The SMILES string of the molecule is CC(C)CC(=O)N=C1S[C@@H]2CS(=O)(=O)C[C@@H]2N1c1ccc(F)c(Cl)c1. The number of carbonyl (C=O) groups excluding carboxylic acids is 1. The summed E-state index contributed by atoms with van der Waals surface area (Å²) in [6.07, 6.45) is 0.315. The molecular weight excluding hydrogens is 387 g/mol. The molecule has 1 aromatic rings. The van der Waals surface area contributed by atoms with Crippen molar-refractivity contribution in [3.8, 4) is 0 Å². The Morgan fingerprint density at radius 2 is 2.16 bits per heavy atom. The number of hydrogen-bond acceptors (Lipinski definition) is 4. The number of benzene rings is 1. The molecule has 0 spiro atoms. The van der Waals surface area contributed by atoms with Gasteiger partial charge in [-0.3, -0.25) is 4.79 Å². The first-order valence-electron chi connectivity index (χ1n) is 7.89. The molecule has 1 amide bonds. The number of carbonyl (C=O) groups is 1. The van der Waals surface area contributed by atoms with Crippen LogP contribution in [0.1, 0.15) is 20.3 Å². The van der Waals surface area contributed by atoms with Gasteiger partial charge in [-0.1, -0.05) is 37.2 Å². The van der Waals surface area contributed by atoms with E-state index in [1.807, 2.05) is 13.8 Å². The Kier molecular flexibility index (Phi) is 5.14. The molecule has 1 aromatic carbocycles. The summed E-state index contributed by atoms with van der Waals surface area (Å²) in [6, 6.07) is 3.86. The Morgan fingerprint density at radius 3 is 2.80 bits per heavy atom. The third-order valence-electron chi connectivity index (χ3n) is 4.05. The lowest BCUT2D eigenvalue weighted by Crippen LogP contribution is -2.37. The lowest BCUT2D eigenvalue weighted by molar-refractivity contribution is -0.118. The second-order valence-corrected chi connectivity index (χ2v) is 10.4. The minimum atomic E-state index is -3.15. The van der Waals surface area contributed by atoms with Gasteiger partial charge in [0.2, 0.25) is 5.91 Å². The fourth-order valence-corrected chi connectivity index (χ4v) is 7.11. The summed E-state index contributed by atoms with van der Waals surface area (Å²) >= 11 is 7.17. The number of anilines is 1. The predicted molar refractivity (Wildman–Crippen MR) is 99.6 cm³/mol. The van der Waals surface area contributed by atoms with E-state index in [-0.39, 0.29) is 39.6 Å². The molecule has 0 N–H and O–H groups in total. The molecule has 2 aliphatic rings. The topological polar surface area (TPSA) is 66.8 Å². The van der Waals surface area contributed by atoms with Crippen molar-refractivity contribution in [2.24, 2.45) is 10.9 Å². The van der Waals surface area contributed by atoms with Crippen molar-refractivity contribution in [1.29, 1.82) is 0 Å². The molecule has 136 valence electrons. The predicted octanol–water partition coefficient (Wildman–Crippen LogP) is 3.13. The van der Waals surface area contributed by atoms with Gasteiger partial charge in [0, 0.05) is 17.4 Å². The summed E-state index contributed by atoms with van der Waals surface area (Å²) in [5.41, 5.74) is 0.541. The molecule has 0 radical (unpaired) electrons. The highest BCUT2D eigenvalue weighted by Crippen LogP contribution is 2.41. The molecule has 2 heterocycles. The Labute approximate surface area is 155 Å². The molecule has 2 aliphatic heterocycles. The maximum Gasteiger partial charge on any atom is 0.248 e. The van der Waals surface area contributed by atoms with Crippen molar-refractivity contribution in [1.82, 2.24) is 0 Å². The Balaban J connectivity index is 1.99. The number of rotatable bonds is 3. The number of nitrogens with zero attached hydrogens (tertiary/aromatic N) is 2. The average molecular weight is 405 g/mol. The zero-order valence-electron chi connectivity index (χ0n) is 13.8. The normalized spacial score (nSPS) is 26.4. The minimum Gasteiger partial charge on any atom is -0.316 e. The molecule has 0 saturated carbocycles. The maximum absolute atomic E-state index is 13.5. The van der Waals surface area contributed by atoms with Crippen molar-refractivity contribution >= 4 is 50.0 Å². The molecule has 3 rings (SSSR count). The lowest BCUT2D eigenvalue weighted by atomic mass is 10.1. The zero-order chi connectivity index (χ0) is 18.4. The van der Waals surface area contributed by atoms with Crippen LogP contribution >= 0.6 is 23.4 Å². The molecule has 0 bridgehead atoms. The number of amides is 1. The van der Waals surface area contributed by atoms with E-state index < -0.39 is 15.7 Å². The number of aliphatic imine (C=N–C) groups is 1. The van der Waals surface area contributed by atoms with Gasteiger partial charge in [-0.25, -0.2) is 12.8 Å². The zero-order valence-corrected chi connectivity index (χ0v) is 16.2. The van der Waals surface area contributed by atoms with E-state index in [0.29, 0.717) is 17.3 Å². The second-order valence-electron chi connectivity index (χ2n) is 6.66. The summed E-state index contributed by atoms with van der Waals surface area (Å²) in [5.74, 6) is -0.597. The molecule has 5 nitrogen and oxygen atoms in total. The quantitative estimate of drug-likeness (QED) is 0.774. The van der Waals surface area contributed by atoms with E-state index in [4.69, 9.17) is 11.6 Å². The van der Waals surface area contributed by atoms with Gasteiger partial charge in [-0.2, -0.15) is 4.99 Å². The van der Waals surface area contributed by atoms with Crippen LogP contribution in [0.25, 0.3) is 0 Å². The maximum atomic E-state index is 13.5. The molecule has 0 aromatic heterocycles. The first kappa shape index (κ1) is 18.7. The van der Waals surface area contributed by atoms with Crippen LogP contribution in [-0.4, -0.2) is 42.3 Å². The van der Waals surface area contributed by atoms with Gasteiger partial charge in [-0.05, 0) is 24.1 Å². The highest BCUT2D eigenvalue weighted by Gasteiger charge is 2.49. The van der Waals surface area contributed by atoms with Crippen LogP contribution in [0, 0.1) is 11.7 Å². The van der Waals surface area contributed by atoms with E-state index in [1.54, 1.807) is 4.90 Å². The van der Waals surface area contributed by atoms with Gasteiger partial charge in [-0.15, -0.1) is 0 Å². The lowest BCUT2D eigenvalue weighted by Gasteiger charge is -2.24. The van der Waals surface area contributed by atoms with E-state index in [0.717, 1.165) is 0 Å². The number of hydrogen-bond donors (Lipinski definition) is 0. The summed E-state index contributed by atoms with van der Waals surface area (Å²) < 4.78 is 37.5. The number of fused-ring (bicyclic) bond motifs is 1. The van der Waals surface area contributed by atoms with Crippen LogP contribution in [0.5, 0.6) is 0 Å². The van der Waals surface area contributed by atoms with Crippen LogP contribution in [-0.2, 0) is 14.6 Å². The van der Waals surface area contributed by atoms with Gasteiger partial charge in [0.15, 0.2) is 15.0 Å². The van der Waals surface area contributed by atoms with Crippen molar-refractivity contribution in [3.63, 3.8) is 0 Å². The summed E-state index contributed by atoms with van der Waals surface area (Å²) in [5, 5.41) is 0.206. The molecule has 25 heavy (non-hydrogen) atoms. The molecule has 0 unspecified atom stereocenters. The second kappa shape index (κ2) is 6.89. The first-order valence-corrected chi connectivity index (χ1v) is 11.0. The van der Waals surface area contributed by atoms with E-state index >= 15 is 0 Å². The largest absolute Gasteiger partial charge is 0.316 e. The van der Waals surface area contributed by atoms with Crippen LogP contribution in [0.3, 0.4) is 0 Å². The van der Waals surface area contributed by atoms with Crippen molar-refractivity contribution in [2.45, 2.75) is 31.6 Å². The number of halogens is 2. The molecular formula is C16H18ClFN2O3S2. The summed E-state index contributed by atoms with van der Waals surface area (Å²) in [6.45, 7) is 3.86. The monoisotopic (exact) mass is 404 g/mol. The minimum absolute atomic E-state index is 0.0168. The van der Waals surface area contributed by atoms with E-state index in [2.05, 4.69) is 4.99 Å². The Morgan fingerprint density at radius 1 is 1.44 bits per heavy atom. The summed E-state index contributed by atoms with van der Waals surface area (Å²) in [4.78, 5) is 18.0. The fourth-order valence-electron chi connectivity index (χ4n) is 3.00. The van der Waals surface area contributed by atoms with Gasteiger partial charge < -0.3 is 4.90 Å². The first-order chi connectivity index (χ1) is 11.7. The highest BCUT2D eigenvalue weighted by molar-refractivity contribution is 8.16. The Hall–Kier alpha value is -1.12.